The van der Waals surface area contributed by atoms with Crippen LogP contribution in [0.4, 0.5) is 5.95 Å². The third kappa shape index (κ3) is 3.39. The predicted molar refractivity (Wildman–Crippen MR) is 83.7 cm³/mol. The summed E-state index contributed by atoms with van der Waals surface area (Å²) in [5.74, 6) is 0.658. The van der Waals surface area contributed by atoms with Crippen LogP contribution in [0.15, 0.2) is 36.7 Å². The van der Waals surface area contributed by atoms with Gasteiger partial charge in [-0.3, -0.25) is 4.79 Å². The molecule has 22 heavy (non-hydrogen) atoms. The second kappa shape index (κ2) is 6.51. The third-order valence-electron chi connectivity index (χ3n) is 3.79. The standard InChI is InChI=1S/C16H19N5O/c1-12-4-2-5-14(19-12)15(22)20-13-6-10-21(11-7-13)16-17-8-3-9-18-16/h2-5,8-9,13H,6-7,10-11H2,1H3,(H,20,22). The first-order valence-corrected chi connectivity index (χ1v) is 7.49. The fraction of sp³-hybridized carbons (Fsp3) is 0.375. The summed E-state index contributed by atoms with van der Waals surface area (Å²) in [6, 6.07) is 7.47. The second-order valence-corrected chi connectivity index (χ2v) is 5.45. The van der Waals surface area contributed by atoms with Gasteiger partial charge < -0.3 is 10.2 Å². The minimum atomic E-state index is -0.0990. The van der Waals surface area contributed by atoms with Gasteiger partial charge in [0.05, 0.1) is 0 Å². The van der Waals surface area contributed by atoms with Crippen LogP contribution in [0.3, 0.4) is 0 Å². The first kappa shape index (κ1) is 14.4. The SMILES string of the molecule is Cc1cccc(C(=O)NC2CCN(c3ncccn3)CC2)n1. The van der Waals surface area contributed by atoms with Gasteiger partial charge in [0.25, 0.3) is 5.91 Å². The lowest BCUT2D eigenvalue weighted by Crippen LogP contribution is -2.45. The molecule has 3 rings (SSSR count). The number of rotatable bonds is 3. The Kier molecular flexibility index (Phi) is 4.27. The highest BCUT2D eigenvalue weighted by molar-refractivity contribution is 5.92. The van der Waals surface area contributed by atoms with Crippen LogP contribution >= 0.6 is 0 Å². The van der Waals surface area contributed by atoms with E-state index in [0.717, 1.165) is 37.6 Å². The molecular formula is C16H19N5O. The van der Waals surface area contributed by atoms with E-state index in [1.54, 1.807) is 18.5 Å². The van der Waals surface area contributed by atoms with Crippen LogP contribution < -0.4 is 10.2 Å². The van der Waals surface area contributed by atoms with Gasteiger partial charge in [-0.2, -0.15) is 0 Å². The fourth-order valence-electron chi connectivity index (χ4n) is 2.61. The summed E-state index contributed by atoms with van der Waals surface area (Å²) in [6.07, 6.45) is 5.27. The molecule has 0 spiro atoms. The third-order valence-corrected chi connectivity index (χ3v) is 3.79. The van der Waals surface area contributed by atoms with E-state index in [2.05, 4.69) is 25.2 Å². The largest absolute Gasteiger partial charge is 0.348 e. The zero-order valence-electron chi connectivity index (χ0n) is 12.6. The maximum atomic E-state index is 12.2. The van der Waals surface area contributed by atoms with Gasteiger partial charge in [0.1, 0.15) is 5.69 Å². The van der Waals surface area contributed by atoms with Crippen molar-refractivity contribution in [3.63, 3.8) is 0 Å². The Labute approximate surface area is 129 Å². The van der Waals surface area contributed by atoms with Crippen molar-refractivity contribution in [1.82, 2.24) is 20.3 Å². The predicted octanol–water partition coefficient (Wildman–Crippen LogP) is 1.58. The van der Waals surface area contributed by atoms with Crippen LogP contribution in [0, 0.1) is 6.92 Å². The Morgan fingerprint density at radius 1 is 1.18 bits per heavy atom. The van der Waals surface area contributed by atoms with E-state index >= 15 is 0 Å². The molecule has 2 aromatic heterocycles. The average molecular weight is 297 g/mol. The molecule has 0 aliphatic carbocycles. The smallest absolute Gasteiger partial charge is 0.270 e. The molecule has 2 aromatic rings. The number of aryl methyl sites for hydroxylation is 1. The minimum Gasteiger partial charge on any atom is -0.348 e. The number of carbonyl (C=O) groups is 1. The normalized spacial score (nSPS) is 15.6. The molecule has 3 heterocycles. The molecule has 1 aliphatic rings. The number of aromatic nitrogens is 3. The summed E-state index contributed by atoms with van der Waals surface area (Å²) in [5.41, 5.74) is 1.33. The Hall–Kier alpha value is -2.50. The first-order chi connectivity index (χ1) is 10.7. The molecule has 0 radical (unpaired) electrons. The van der Waals surface area contributed by atoms with Crippen molar-refractivity contribution in [3.8, 4) is 0 Å². The van der Waals surface area contributed by atoms with Gasteiger partial charge in [-0.1, -0.05) is 6.07 Å². The van der Waals surface area contributed by atoms with E-state index < -0.39 is 0 Å². The molecule has 1 amide bonds. The molecule has 6 heteroatoms. The average Bonchev–Trinajstić information content (AvgIpc) is 2.56. The monoisotopic (exact) mass is 297 g/mol. The van der Waals surface area contributed by atoms with Gasteiger partial charge in [-0.15, -0.1) is 0 Å². The molecular weight excluding hydrogens is 278 g/mol. The van der Waals surface area contributed by atoms with Gasteiger partial charge in [0.2, 0.25) is 5.95 Å². The van der Waals surface area contributed by atoms with Crippen LogP contribution in [-0.4, -0.2) is 40.0 Å². The molecule has 0 saturated carbocycles. The van der Waals surface area contributed by atoms with E-state index in [0.29, 0.717) is 5.69 Å². The highest BCUT2D eigenvalue weighted by atomic mass is 16.1. The fourth-order valence-corrected chi connectivity index (χ4v) is 2.61. The number of amides is 1. The van der Waals surface area contributed by atoms with Crippen molar-refractivity contribution in [2.45, 2.75) is 25.8 Å². The lowest BCUT2D eigenvalue weighted by Gasteiger charge is -2.32. The topological polar surface area (TPSA) is 71.0 Å². The molecule has 0 atom stereocenters. The molecule has 0 bridgehead atoms. The van der Waals surface area contributed by atoms with Gasteiger partial charge in [-0.25, -0.2) is 15.0 Å². The highest BCUT2D eigenvalue weighted by Crippen LogP contribution is 2.15. The number of pyridine rings is 1. The highest BCUT2D eigenvalue weighted by Gasteiger charge is 2.22. The first-order valence-electron chi connectivity index (χ1n) is 7.49. The Morgan fingerprint density at radius 3 is 2.59 bits per heavy atom. The Morgan fingerprint density at radius 2 is 1.91 bits per heavy atom. The number of nitrogens with zero attached hydrogens (tertiary/aromatic N) is 4. The number of nitrogens with one attached hydrogen (secondary N) is 1. The van der Waals surface area contributed by atoms with E-state index in [-0.39, 0.29) is 11.9 Å². The Bertz CT molecular complexity index is 638. The van der Waals surface area contributed by atoms with Crippen molar-refractivity contribution in [3.05, 3.63) is 48.0 Å². The molecule has 1 aliphatic heterocycles. The summed E-state index contributed by atoms with van der Waals surface area (Å²) in [4.78, 5) is 27.1. The van der Waals surface area contributed by atoms with Crippen molar-refractivity contribution in [2.75, 3.05) is 18.0 Å². The van der Waals surface area contributed by atoms with Crippen LogP contribution in [0.5, 0.6) is 0 Å². The van der Waals surface area contributed by atoms with Crippen LogP contribution in [-0.2, 0) is 0 Å². The van der Waals surface area contributed by atoms with Crippen molar-refractivity contribution >= 4 is 11.9 Å². The number of carbonyl (C=O) groups excluding carboxylic acids is 1. The van der Waals surface area contributed by atoms with Crippen LogP contribution in [0.25, 0.3) is 0 Å². The van der Waals surface area contributed by atoms with E-state index in [1.165, 1.54) is 0 Å². The van der Waals surface area contributed by atoms with Crippen LogP contribution in [0.2, 0.25) is 0 Å². The summed E-state index contributed by atoms with van der Waals surface area (Å²) in [6.45, 7) is 3.57. The van der Waals surface area contributed by atoms with Crippen molar-refractivity contribution < 1.29 is 4.79 Å². The van der Waals surface area contributed by atoms with Gasteiger partial charge in [-0.05, 0) is 38.0 Å². The zero-order valence-corrected chi connectivity index (χ0v) is 12.6. The molecule has 0 unspecified atom stereocenters. The van der Waals surface area contributed by atoms with Crippen LogP contribution in [0.1, 0.15) is 29.0 Å². The van der Waals surface area contributed by atoms with Gasteiger partial charge in [0.15, 0.2) is 0 Å². The van der Waals surface area contributed by atoms with E-state index in [4.69, 9.17) is 0 Å². The molecule has 1 saturated heterocycles. The number of hydrogen-bond acceptors (Lipinski definition) is 5. The van der Waals surface area contributed by atoms with E-state index in [9.17, 15) is 4.79 Å². The van der Waals surface area contributed by atoms with Crippen molar-refractivity contribution in [1.29, 1.82) is 0 Å². The van der Waals surface area contributed by atoms with Gasteiger partial charge in [0, 0.05) is 37.2 Å². The minimum absolute atomic E-state index is 0.0990. The Balaban J connectivity index is 1.55. The summed E-state index contributed by atoms with van der Waals surface area (Å²) >= 11 is 0. The summed E-state index contributed by atoms with van der Waals surface area (Å²) in [7, 11) is 0. The second-order valence-electron chi connectivity index (χ2n) is 5.45. The maximum Gasteiger partial charge on any atom is 0.270 e. The summed E-state index contributed by atoms with van der Waals surface area (Å²) in [5, 5.41) is 3.07. The number of piperidine rings is 1. The maximum absolute atomic E-state index is 12.2. The molecule has 6 nitrogen and oxygen atoms in total. The molecule has 1 fully saturated rings. The number of anilines is 1. The molecule has 114 valence electrons. The lowest BCUT2D eigenvalue weighted by atomic mass is 10.1. The summed E-state index contributed by atoms with van der Waals surface area (Å²) < 4.78 is 0. The van der Waals surface area contributed by atoms with E-state index in [1.807, 2.05) is 25.1 Å². The zero-order chi connectivity index (χ0) is 15.4. The molecule has 0 aromatic carbocycles. The van der Waals surface area contributed by atoms with Gasteiger partial charge >= 0.3 is 0 Å². The molecule has 1 N–H and O–H groups in total. The lowest BCUT2D eigenvalue weighted by molar-refractivity contribution is 0.0926. The quantitative estimate of drug-likeness (QED) is 0.931. The number of hydrogen-bond donors (Lipinski definition) is 1. The van der Waals surface area contributed by atoms with Crippen molar-refractivity contribution in [2.24, 2.45) is 0 Å².